The highest BCUT2D eigenvalue weighted by molar-refractivity contribution is 8.01. The van der Waals surface area contributed by atoms with E-state index in [0.29, 0.717) is 32.8 Å². The maximum atomic E-state index is 13.2. The molecule has 0 radical (unpaired) electrons. The molecule has 7 aromatic rings. The Kier molecular flexibility index (Phi) is 16.7. The number of hydrogen-bond donors (Lipinski definition) is 8. The smallest absolute Gasteiger partial charge is 0.304 e. The molecule has 0 spiro atoms. The number of ether oxygens (including phenoxy) is 1. The number of rotatable bonds is 21. The second-order valence-corrected chi connectivity index (χ2v) is 24.9. The van der Waals surface area contributed by atoms with Gasteiger partial charge in [0.2, 0.25) is 5.88 Å². The third-order valence-electron chi connectivity index (χ3n) is 10.1. The first-order chi connectivity index (χ1) is 35.9. The number of carboxylic acid groups (broad SMARTS) is 1. The van der Waals surface area contributed by atoms with Gasteiger partial charge >= 0.3 is 5.97 Å². The Bertz CT molecular complexity index is 4190. The lowest BCUT2D eigenvalue weighted by Gasteiger charge is -2.13. The van der Waals surface area contributed by atoms with Crippen LogP contribution >= 0.6 is 23.1 Å². The molecule has 0 saturated carbocycles. The first-order valence-corrected chi connectivity index (χ1v) is 30.0. The molecule has 5 aromatic carbocycles. The van der Waals surface area contributed by atoms with Crippen LogP contribution in [0.4, 0.5) is 33.6 Å². The Balaban J connectivity index is 1.33. The zero-order chi connectivity index (χ0) is 56.4. The summed E-state index contributed by atoms with van der Waals surface area (Å²) in [6.45, 7) is 1.12. The van der Waals surface area contributed by atoms with Gasteiger partial charge in [0.25, 0.3) is 55.7 Å². The zero-order valence-corrected chi connectivity index (χ0v) is 44.1. The number of thioether (sulfide) groups is 1. The predicted molar refractivity (Wildman–Crippen MR) is 269 cm³/mol. The predicted octanol–water partition coefficient (Wildman–Crippen LogP) is 7.72. The van der Waals surface area contributed by atoms with Crippen molar-refractivity contribution in [3.63, 3.8) is 0 Å². The summed E-state index contributed by atoms with van der Waals surface area (Å²) >= 11 is 2.11. The summed E-state index contributed by atoms with van der Waals surface area (Å²) in [4.78, 5) is 6.13. The van der Waals surface area contributed by atoms with E-state index in [1.54, 1.807) is 6.07 Å². The van der Waals surface area contributed by atoms with Crippen molar-refractivity contribution in [2.24, 2.45) is 30.7 Å². The van der Waals surface area contributed by atoms with Gasteiger partial charge in [-0.2, -0.15) is 51.9 Å². The standard InChI is InChI=1S/C40H34N10O20S7/c1-20-16-27(29(70-13-5-15-73(55,56)57)19-26(20)42-46-39-47-48-40(72-39)71-14-12-32(51)52)43-44-34-31(76(64,65)66)18-24-23(36(34)53)9-10-25(37(24)77(67,68)69)41-45-35-33(21-6-3-2-4-7-21)49-50(38(35)54)28-11-8-22(74(58,59)60)17-30(28)75(61,62)63/h2-4,6-11,16-19,53-54H,5,12-15H2,1H3,(H,51,52)(H,55,56,57)(H,58,59,60)(H,61,62,63)(H,64,65,66)(H,67,68,69). The van der Waals surface area contributed by atoms with Crippen LogP contribution in [0.3, 0.4) is 0 Å². The van der Waals surface area contributed by atoms with Gasteiger partial charge in [-0.1, -0.05) is 53.4 Å². The highest BCUT2D eigenvalue weighted by Gasteiger charge is 2.30. The quantitative estimate of drug-likeness (QED) is 0.0148. The van der Waals surface area contributed by atoms with Gasteiger partial charge in [0.05, 0.1) is 35.1 Å². The van der Waals surface area contributed by atoms with Crippen molar-refractivity contribution in [2.45, 2.75) is 43.7 Å². The van der Waals surface area contributed by atoms with Crippen molar-refractivity contribution < 1.29 is 89.7 Å². The monoisotopic (exact) mass is 1200 g/mol. The molecule has 0 unspecified atom stereocenters. The van der Waals surface area contributed by atoms with Crippen LogP contribution in [0.1, 0.15) is 18.4 Å². The molecule has 0 aliphatic rings. The number of fused-ring (bicyclic) bond motifs is 1. The van der Waals surface area contributed by atoms with Crippen LogP contribution in [0.2, 0.25) is 0 Å². The molecular formula is C40H34N10O20S7. The number of aromatic nitrogens is 4. The number of carboxylic acids is 1. The number of azo groups is 3. The Labute approximate surface area is 442 Å². The summed E-state index contributed by atoms with van der Waals surface area (Å²) < 4.78 is 180. The van der Waals surface area contributed by atoms with Gasteiger partial charge < -0.3 is 20.1 Å². The van der Waals surface area contributed by atoms with E-state index in [9.17, 15) is 79.9 Å². The number of aromatic hydroxyl groups is 2. The molecule has 37 heteroatoms. The number of carbonyl (C=O) groups is 1. The van der Waals surface area contributed by atoms with Gasteiger partial charge in [0.1, 0.15) is 43.2 Å². The number of hydrogen-bond acceptors (Lipinski definition) is 25. The van der Waals surface area contributed by atoms with Crippen LogP contribution in [-0.4, -0.2) is 124 Å². The van der Waals surface area contributed by atoms with Crippen molar-refractivity contribution in [1.29, 1.82) is 0 Å². The molecule has 77 heavy (non-hydrogen) atoms. The van der Waals surface area contributed by atoms with E-state index in [2.05, 4.69) is 46.0 Å². The Morgan fingerprint density at radius 1 is 0.688 bits per heavy atom. The summed E-state index contributed by atoms with van der Waals surface area (Å²) in [6.07, 6.45) is -0.404. The molecule has 0 amide bonds. The number of phenols is 1. The van der Waals surface area contributed by atoms with Crippen LogP contribution in [0, 0.1) is 6.92 Å². The van der Waals surface area contributed by atoms with Gasteiger partial charge in [-0.15, -0.1) is 40.9 Å². The van der Waals surface area contributed by atoms with Gasteiger partial charge in [-0.05, 0) is 61.4 Å². The minimum Gasteiger partial charge on any atom is -0.505 e. The summed E-state index contributed by atoms with van der Waals surface area (Å²) in [6, 6.07) is 14.0. The Hall–Kier alpha value is -7.30. The topological polar surface area (TPSA) is 477 Å². The second-order valence-electron chi connectivity index (χ2n) is 15.4. The summed E-state index contributed by atoms with van der Waals surface area (Å²) in [5, 5.41) is 66.4. The number of aryl methyl sites for hydroxylation is 1. The average molecular weight is 1200 g/mol. The number of nitrogens with zero attached hydrogens (tertiary/aromatic N) is 10. The molecule has 406 valence electrons. The lowest BCUT2D eigenvalue weighted by molar-refractivity contribution is -0.136. The molecule has 30 nitrogen and oxygen atoms in total. The molecule has 2 heterocycles. The largest absolute Gasteiger partial charge is 0.505 e. The number of aliphatic carboxylic acids is 1. The molecule has 2 aromatic heterocycles. The lowest BCUT2D eigenvalue weighted by Crippen LogP contribution is -2.09. The first kappa shape index (κ1) is 57.4. The Morgan fingerprint density at radius 2 is 1.35 bits per heavy atom. The van der Waals surface area contributed by atoms with Gasteiger partial charge in [0, 0.05) is 28.2 Å². The first-order valence-electron chi connectivity index (χ1n) is 20.8. The van der Waals surface area contributed by atoms with Crippen molar-refractivity contribution in [1.82, 2.24) is 20.0 Å². The highest BCUT2D eigenvalue weighted by Crippen LogP contribution is 2.48. The van der Waals surface area contributed by atoms with E-state index >= 15 is 0 Å². The van der Waals surface area contributed by atoms with Crippen LogP contribution in [-0.2, 0) is 55.4 Å². The third kappa shape index (κ3) is 13.8. The van der Waals surface area contributed by atoms with Crippen molar-refractivity contribution >= 4 is 124 Å². The minimum atomic E-state index is -5.58. The van der Waals surface area contributed by atoms with Gasteiger partial charge in [-0.3, -0.25) is 27.6 Å². The summed E-state index contributed by atoms with van der Waals surface area (Å²) in [5.74, 6) is -4.00. The van der Waals surface area contributed by atoms with E-state index < -0.39 is 127 Å². The maximum Gasteiger partial charge on any atom is 0.304 e. The maximum absolute atomic E-state index is 13.2. The van der Waals surface area contributed by atoms with Crippen LogP contribution in [0.15, 0.2) is 133 Å². The second kappa shape index (κ2) is 22.3. The van der Waals surface area contributed by atoms with Gasteiger partial charge in [0.15, 0.2) is 15.8 Å². The molecule has 0 aliphatic heterocycles. The van der Waals surface area contributed by atoms with Gasteiger partial charge in [-0.25, -0.2) is 0 Å². The average Bonchev–Trinajstić information content (AvgIpc) is 3.93. The van der Waals surface area contributed by atoms with Crippen molar-refractivity contribution in [3.8, 4) is 34.3 Å². The van der Waals surface area contributed by atoms with Crippen LogP contribution in [0.25, 0.3) is 27.7 Å². The van der Waals surface area contributed by atoms with Crippen LogP contribution in [0.5, 0.6) is 17.4 Å². The normalized spacial score (nSPS) is 12.9. The van der Waals surface area contributed by atoms with E-state index in [-0.39, 0.29) is 58.7 Å². The minimum absolute atomic E-state index is 0.0629. The molecule has 0 fully saturated rings. The molecule has 0 atom stereocenters. The molecule has 0 saturated heterocycles. The number of phenolic OH excluding ortho intramolecular Hbond substituents is 1. The highest BCUT2D eigenvalue weighted by atomic mass is 32.2. The fourth-order valence-electron chi connectivity index (χ4n) is 6.73. The molecular weight excluding hydrogens is 1160 g/mol. The van der Waals surface area contributed by atoms with E-state index in [4.69, 9.17) is 9.84 Å². The van der Waals surface area contributed by atoms with Crippen molar-refractivity contribution in [2.75, 3.05) is 18.1 Å². The fraction of sp³-hybridized carbons (Fsp3) is 0.150. The SMILES string of the molecule is Cc1cc(N=Nc2c(S(=O)(=O)O)cc3c(S(=O)(=O)O)c(N=Nc4c(-c5ccccc5)nn(-c5ccc(S(=O)(=O)O)cc5S(=O)(=O)O)c4O)ccc3c2O)c(OCCCS(=O)(=O)O)cc1N=Nc1nnc(SCCC(=O)O)s1. The fourth-order valence-corrected chi connectivity index (χ4v) is 11.6. The lowest BCUT2D eigenvalue weighted by atomic mass is 10.1. The Morgan fingerprint density at radius 3 is 1.99 bits per heavy atom. The molecule has 8 N–H and O–H groups in total. The zero-order valence-electron chi connectivity index (χ0n) is 38.3. The van der Waals surface area contributed by atoms with E-state index in [1.807, 2.05) is 0 Å². The third-order valence-corrected chi connectivity index (χ3v) is 16.4. The molecule has 0 bridgehead atoms. The molecule has 7 rings (SSSR count). The molecule has 0 aliphatic carbocycles. The summed E-state index contributed by atoms with van der Waals surface area (Å²) in [7, 11) is -26.0. The van der Waals surface area contributed by atoms with E-state index in [0.717, 1.165) is 41.3 Å². The van der Waals surface area contributed by atoms with E-state index in [1.165, 1.54) is 43.3 Å². The summed E-state index contributed by atoms with van der Waals surface area (Å²) in [5.41, 5.74) is -3.26. The number of benzene rings is 5. The van der Waals surface area contributed by atoms with Crippen molar-refractivity contribution in [3.05, 3.63) is 84.4 Å². The van der Waals surface area contributed by atoms with Crippen LogP contribution < -0.4 is 4.74 Å².